The number of ether oxygens (including phenoxy) is 1. The van der Waals surface area contributed by atoms with E-state index in [9.17, 15) is 14.4 Å². The normalized spacial score (nSPS) is 14.5. The predicted octanol–water partition coefficient (Wildman–Crippen LogP) is -0.962. The molecule has 2 rings (SSSR count). The van der Waals surface area contributed by atoms with E-state index in [0.717, 1.165) is 0 Å². The SMILES string of the molecule is CC(=O)Oc1ccccc1.O=C(O)[C@@H](O)c1ccccc1.O=C[C@H](O)[C@@H](O)[C@H](O)[C@H](O)CO. The lowest BCUT2D eigenvalue weighted by Gasteiger charge is -2.22. The number of para-hydroxylation sites is 1. The zero-order valence-corrected chi connectivity index (χ0v) is 17.7. The van der Waals surface area contributed by atoms with Crippen LogP contribution in [0.1, 0.15) is 18.6 Å². The number of aldehydes is 1. The standard InChI is InChI=1S/C8H8O3.C8H8O2.C6H12O6/c9-7(8(10)11)6-4-2-1-3-5-6;1-7(9)10-8-5-3-2-4-6-8;7-1-3(9)5(11)6(12)4(10)2-8/h1-5,7,9H,(H,10,11);2-6H,1H3;1,3-6,8-12H,2H2/t7-;;3-,4+,5+,6+/m0.0/s1. The second-order valence-corrected chi connectivity index (χ2v) is 6.42. The first kappa shape index (κ1) is 29.8. The van der Waals surface area contributed by atoms with Crippen molar-refractivity contribution in [3.8, 4) is 5.75 Å². The number of rotatable bonds is 8. The molecule has 0 aromatic heterocycles. The fourth-order valence-electron chi connectivity index (χ4n) is 2.05. The molecule has 2 aromatic rings. The van der Waals surface area contributed by atoms with Crippen molar-refractivity contribution in [2.75, 3.05) is 6.61 Å². The molecule has 2 aromatic carbocycles. The van der Waals surface area contributed by atoms with Gasteiger partial charge in [-0.15, -0.1) is 0 Å². The van der Waals surface area contributed by atoms with Gasteiger partial charge in [-0.1, -0.05) is 48.5 Å². The van der Waals surface area contributed by atoms with Crippen LogP contribution in [0, 0.1) is 0 Å². The number of hydrogen-bond donors (Lipinski definition) is 7. The number of aliphatic hydroxyl groups is 6. The van der Waals surface area contributed by atoms with E-state index in [1.54, 1.807) is 42.5 Å². The summed E-state index contributed by atoms with van der Waals surface area (Å²) in [6, 6.07) is 17.2. The van der Waals surface area contributed by atoms with E-state index in [2.05, 4.69) is 0 Å². The summed E-state index contributed by atoms with van der Waals surface area (Å²) >= 11 is 0. The van der Waals surface area contributed by atoms with Crippen LogP contribution in [-0.2, 0) is 14.4 Å². The van der Waals surface area contributed by atoms with Crippen LogP contribution in [-0.4, -0.2) is 85.0 Å². The van der Waals surface area contributed by atoms with Crippen molar-refractivity contribution in [3.63, 3.8) is 0 Å². The molecule has 11 heteroatoms. The van der Waals surface area contributed by atoms with Crippen LogP contribution in [0.15, 0.2) is 60.7 Å². The molecule has 7 N–H and O–H groups in total. The molecule has 0 fully saturated rings. The molecule has 182 valence electrons. The zero-order valence-electron chi connectivity index (χ0n) is 17.7. The number of aliphatic hydroxyl groups excluding tert-OH is 6. The number of hydrogen-bond acceptors (Lipinski definition) is 10. The first-order valence-corrected chi connectivity index (χ1v) is 9.52. The van der Waals surface area contributed by atoms with Gasteiger partial charge in [0.2, 0.25) is 0 Å². The number of carboxylic acid groups (broad SMARTS) is 1. The van der Waals surface area contributed by atoms with Gasteiger partial charge in [0.25, 0.3) is 0 Å². The van der Waals surface area contributed by atoms with Crippen molar-refractivity contribution in [1.29, 1.82) is 0 Å². The highest BCUT2D eigenvalue weighted by molar-refractivity contribution is 5.73. The molecular weight excluding hydrogens is 440 g/mol. The maximum atomic E-state index is 10.4. The number of benzene rings is 2. The molecule has 0 heterocycles. The summed E-state index contributed by atoms with van der Waals surface area (Å²) in [4.78, 5) is 30.5. The molecule has 0 bridgehead atoms. The largest absolute Gasteiger partial charge is 0.479 e. The Kier molecular flexibility index (Phi) is 14.9. The molecule has 11 nitrogen and oxygen atoms in total. The van der Waals surface area contributed by atoms with Gasteiger partial charge in [0.15, 0.2) is 12.4 Å². The van der Waals surface area contributed by atoms with Crippen molar-refractivity contribution in [3.05, 3.63) is 66.2 Å². The molecule has 0 aliphatic heterocycles. The molecular formula is C22H28O11. The van der Waals surface area contributed by atoms with Crippen LogP contribution in [0.2, 0.25) is 0 Å². The van der Waals surface area contributed by atoms with Crippen LogP contribution < -0.4 is 4.74 Å². The third kappa shape index (κ3) is 12.4. The van der Waals surface area contributed by atoms with Crippen LogP contribution >= 0.6 is 0 Å². The Bertz CT molecular complexity index is 814. The molecule has 0 unspecified atom stereocenters. The van der Waals surface area contributed by atoms with Gasteiger partial charge >= 0.3 is 11.9 Å². The first-order chi connectivity index (χ1) is 15.5. The number of esters is 1. The quantitative estimate of drug-likeness (QED) is 0.143. The Morgan fingerprint density at radius 3 is 1.76 bits per heavy atom. The Balaban J connectivity index is 0.000000467. The molecule has 0 saturated heterocycles. The Hall–Kier alpha value is -3.19. The zero-order chi connectivity index (χ0) is 25.4. The minimum Gasteiger partial charge on any atom is -0.479 e. The van der Waals surface area contributed by atoms with Crippen LogP contribution in [0.4, 0.5) is 0 Å². The van der Waals surface area contributed by atoms with Crippen LogP contribution in [0.3, 0.4) is 0 Å². The lowest BCUT2D eigenvalue weighted by atomic mass is 10.0. The monoisotopic (exact) mass is 468 g/mol. The summed E-state index contributed by atoms with van der Waals surface area (Å²) in [5.41, 5.74) is 0.403. The average molecular weight is 468 g/mol. The van der Waals surface area contributed by atoms with E-state index in [-0.39, 0.29) is 12.3 Å². The molecule has 0 aliphatic rings. The van der Waals surface area contributed by atoms with Gasteiger partial charge in [0, 0.05) is 6.92 Å². The molecule has 0 aliphatic carbocycles. The Labute approximate surface area is 189 Å². The van der Waals surface area contributed by atoms with E-state index in [0.29, 0.717) is 11.3 Å². The molecule has 0 saturated carbocycles. The van der Waals surface area contributed by atoms with E-state index in [1.165, 1.54) is 6.92 Å². The number of carbonyl (C=O) groups excluding carboxylic acids is 2. The first-order valence-electron chi connectivity index (χ1n) is 9.52. The minimum absolute atomic E-state index is 0.0258. The predicted molar refractivity (Wildman–Crippen MR) is 114 cm³/mol. The molecule has 0 spiro atoms. The second kappa shape index (κ2) is 16.4. The minimum atomic E-state index is -1.79. The number of carbonyl (C=O) groups is 3. The summed E-state index contributed by atoms with van der Waals surface area (Å²) in [5.74, 6) is -0.919. The number of carboxylic acids is 1. The van der Waals surface area contributed by atoms with Crippen LogP contribution in [0.25, 0.3) is 0 Å². The molecule has 33 heavy (non-hydrogen) atoms. The highest BCUT2D eigenvalue weighted by Crippen LogP contribution is 2.11. The van der Waals surface area contributed by atoms with Crippen molar-refractivity contribution in [2.45, 2.75) is 37.4 Å². The lowest BCUT2D eigenvalue weighted by Crippen LogP contribution is -2.46. The summed E-state index contributed by atoms with van der Waals surface area (Å²) in [5, 5.41) is 60.9. The summed E-state index contributed by atoms with van der Waals surface area (Å²) in [6.45, 7) is 0.622. The van der Waals surface area contributed by atoms with Crippen LogP contribution in [0.5, 0.6) is 5.75 Å². The summed E-state index contributed by atoms with van der Waals surface area (Å²) in [7, 11) is 0. The fraction of sp³-hybridized carbons (Fsp3) is 0.318. The maximum absolute atomic E-state index is 10.4. The molecule has 0 radical (unpaired) electrons. The molecule has 0 amide bonds. The van der Waals surface area contributed by atoms with Gasteiger partial charge in [-0.3, -0.25) is 4.79 Å². The number of aliphatic carboxylic acids is 1. The van der Waals surface area contributed by atoms with E-state index >= 15 is 0 Å². The smallest absolute Gasteiger partial charge is 0.337 e. The summed E-state index contributed by atoms with van der Waals surface area (Å²) in [6.07, 6.45) is -8.25. The van der Waals surface area contributed by atoms with Gasteiger partial charge < -0.3 is 45.3 Å². The highest BCUT2D eigenvalue weighted by Gasteiger charge is 2.29. The average Bonchev–Trinajstić information content (AvgIpc) is 2.83. The van der Waals surface area contributed by atoms with Gasteiger partial charge in [-0.2, -0.15) is 0 Å². The van der Waals surface area contributed by atoms with Crippen molar-refractivity contribution in [1.82, 2.24) is 0 Å². The van der Waals surface area contributed by atoms with E-state index < -0.39 is 43.1 Å². The van der Waals surface area contributed by atoms with Crippen molar-refractivity contribution in [2.24, 2.45) is 0 Å². The van der Waals surface area contributed by atoms with Gasteiger partial charge in [0.05, 0.1) is 6.61 Å². The van der Waals surface area contributed by atoms with Crippen molar-refractivity contribution < 1.29 is 54.9 Å². The third-order valence-electron chi connectivity index (χ3n) is 3.77. The van der Waals surface area contributed by atoms with E-state index in [4.69, 9.17) is 40.5 Å². The highest BCUT2D eigenvalue weighted by atomic mass is 16.5. The van der Waals surface area contributed by atoms with Crippen molar-refractivity contribution >= 4 is 18.2 Å². The fourth-order valence-corrected chi connectivity index (χ4v) is 2.05. The van der Waals surface area contributed by atoms with E-state index in [1.807, 2.05) is 18.2 Å². The second-order valence-electron chi connectivity index (χ2n) is 6.42. The topological polar surface area (TPSA) is 202 Å². The Morgan fingerprint density at radius 2 is 1.36 bits per heavy atom. The van der Waals surface area contributed by atoms with Gasteiger partial charge in [-0.05, 0) is 17.7 Å². The van der Waals surface area contributed by atoms with Gasteiger partial charge in [0.1, 0.15) is 30.2 Å². The maximum Gasteiger partial charge on any atom is 0.337 e. The summed E-state index contributed by atoms with van der Waals surface area (Å²) < 4.78 is 4.78. The lowest BCUT2D eigenvalue weighted by molar-refractivity contribution is -0.147. The Morgan fingerprint density at radius 1 is 0.879 bits per heavy atom. The molecule has 5 atom stereocenters. The van der Waals surface area contributed by atoms with Gasteiger partial charge in [-0.25, -0.2) is 4.79 Å². The third-order valence-corrected chi connectivity index (χ3v) is 3.77.